The van der Waals surface area contributed by atoms with Crippen LogP contribution in [-0.4, -0.2) is 26.7 Å². The van der Waals surface area contributed by atoms with Gasteiger partial charge in [-0.1, -0.05) is 457 Å². The summed E-state index contributed by atoms with van der Waals surface area (Å²) in [5.74, 6) is 0. The van der Waals surface area contributed by atoms with E-state index >= 15 is 0 Å². The number of rotatable bonds is 17. The smallest absolute Gasteiger partial charge is 0.319 e. The summed E-state index contributed by atoms with van der Waals surface area (Å²) >= 11 is 37.0. The fourth-order valence-corrected chi connectivity index (χ4v) is 20.8. The third-order valence-electron chi connectivity index (χ3n) is 19.7. The first-order valence-corrected chi connectivity index (χ1v) is 57.7. The third kappa shape index (κ3) is 41.5. The maximum Gasteiger partial charge on any atom is 1.00 e. The normalized spacial score (nSPS) is 10.2. The zero-order valence-corrected chi connectivity index (χ0v) is 94.2. The van der Waals surface area contributed by atoms with Crippen molar-refractivity contribution >= 4 is 168 Å². The molecule has 18 rings (SSSR count). The van der Waals surface area contributed by atoms with Crippen molar-refractivity contribution in [2.45, 2.75) is 114 Å². The molecule has 0 heterocycles. The Morgan fingerprint density at radius 1 is 0.201 bits per heavy atom. The molecule has 0 unspecified atom stereocenters. The number of thioether (sulfide) groups is 3. The number of halogens is 2. The zero-order valence-electron chi connectivity index (χ0n) is 81.4. The quantitative estimate of drug-likeness (QED) is 0.0137. The Balaban J connectivity index is 0.000000290. The van der Waals surface area contributed by atoms with E-state index in [4.69, 9.17) is 0 Å². The van der Waals surface area contributed by atoms with Gasteiger partial charge in [-0.3, -0.25) is 0 Å². The second kappa shape index (κ2) is 68.3. The van der Waals surface area contributed by atoms with Crippen molar-refractivity contribution in [1.82, 2.24) is 0 Å². The van der Waals surface area contributed by atoms with Crippen molar-refractivity contribution < 1.29 is 28.0 Å². The van der Waals surface area contributed by atoms with E-state index in [0.29, 0.717) is 0 Å². The van der Waals surface area contributed by atoms with Gasteiger partial charge >= 0.3 is 18.9 Å². The van der Waals surface area contributed by atoms with Crippen molar-refractivity contribution in [2.75, 3.05) is 26.7 Å². The molecule has 0 saturated heterocycles. The SMILES string of the molecule is Brc1ccc(SC(c2ccccc2)(c2ccccc2)c2ccccc2)cc1.CC.CC.CC.CC.CP(C)(=O)c1ccc(S)cc1.CP(C)(=O)c1ccc(SC(c2ccccc2)(c2ccccc2)c2ccccc2)cc1.Sc1ccc(Br)cc1.Sc1ccccc1.Sc1ccccc1.Sc1ccccc1.Sc1ccccc1.[Li+].[c-]1ccc(SC(c2ccccc2)(c2ccccc2)c2ccccc2)cc1. The maximum absolute atomic E-state index is 12.5. The van der Waals surface area contributed by atoms with Gasteiger partial charge in [-0.25, -0.2) is 0 Å². The molecule has 0 atom stereocenters. The number of hydrogen-bond acceptors (Lipinski definition) is 11. The first-order chi connectivity index (χ1) is 67.0. The van der Waals surface area contributed by atoms with Gasteiger partial charge < -0.3 is 9.13 Å². The van der Waals surface area contributed by atoms with Gasteiger partial charge in [0.1, 0.15) is 14.3 Å². The molecule has 0 aliphatic heterocycles. The van der Waals surface area contributed by atoms with Crippen LogP contribution in [0.1, 0.15) is 105 Å². The van der Waals surface area contributed by atoms with Crippen LogP contribution in [0.25, 0.3) is 0 Å². The molecule has 710 valence electrons. The fraction of sp³-hybridized carbons (Fsp3) is 0.122. The van der Waals surface area contributed by atoms with Crippen LogP contribution in [0.15, 0.2) is 569 Å². The van der Waals surface area contributed by atoms with Crippen LogP contribution in [0.4, 0.5) is 0 Å². The standard InChI is InChI=1S/C27H25OPS.C25H19BrS.C25H19S.C8H11OPS.C6H5BrS.4C6H6S.4C2H6.Li/c1-29(2,28)25-18-20-26(21-19-25)30-27(22-12-6-3-7-13-22,23-14-8-4-9-15-23)24-16-10-5-11-17-24;26-23-16-18-24(19-17-23)27-25(20-10-4-1-5-11-20,21-12-6-2-7-13-21)22-14-8-3-9-15-22;1-5-13-21(14-6-1)25(22-15-7-2-8-16-22,23-17-9-3-10-18-23)26-24-19-11-4-12-20-24;1-10(2,9)7-3-5-8(11)6-4-7;7-5-1-3-6(8)4-2-5;4*7-6-4-2-1-3-5-6;4*1-2;/h3-21H,1-2H3;1-19H;1-3,5-20H;3-6,11H,1-2H3;1-4,8H;4*1-5,7H;4*1-2H3;/q;;-1;;;;;;;;;;;+1. The summed E-state index contributed by atoms with van der Waals surface area (Å²) in [7, 11) is -4.34. The van der Waals surface area contributed by atoms with Crippen LogP contribution in [-0.2, 0) is 23.4 Å². The summed E-state index contributed by atoms with van der Waals surface area (Å²) < 4.78 is 25.1. The topological polar surface area (TPSA) is 34.1 Å². The Bertz CT molecular complexity index is 5800. The predicted octanol–water partition coefficient (Wildman–Crippen LogP) is 35.1. The van der Waals surface area contributed by atoms with Gasteiger partial charge in [0.05, 0.1) is 14.2 Å². The molecule has 0 fully saturated rings. The van der Waals surface area contributed by atoms with Gasteiger partial charge in [-0.15, -0.1) is 116 Å². The van der Waals surface area contributed by atoms with Gasteiger partial charge in [0, 0.05) is 58.7 Å². The average Bonchev–Trinajstić information content (AvgIpc) is 0.759. The Kier molecular flexibility index (Phi) is 59.3. The van der Waals surface area contributed by atoms with Crippen molar-refractivity contribution in [1.29, 1.82) is 0 Å². The summed E-state index contributed by atoms with van der Waals surface area (Å²) in [5, 5.41) is 1.83. The van der Waals surface area contributed by atoms with E-state index in [2.05, 4.69) is 435 Å². The van der Waals surface area contributed by atoms with Gasteiger partial charge in [0.2, 0.25) is 0 Å². The third-order valence-corrected chi connectivity index (χ3v) is 30.2. The number of thiol groups is 6. The molecular formula is C123H127Br2LiO2P2S9. The Morgan fingerprint density at radius 3 is 0.496 bits per heavy atom. The van der Waals surface area contributed by atoms with E-state index in [1.165, 1.54) is 59.9 Å². The molecule has 0 saturated carbocycles. The van der Waals surface area contributed by atoms with Crippen LogP contribution in [0.2, 0.25) is 0 Å². The molecular weight excluding hydrogens is 2030 g/mol. The van der Waals surface area contributed by atoms with Crippen molar-refractivity contribution in [3.8, 4) is 0 Å². The maximum atomic E-state index is 12.5. The second-order valence-corrected chi connectivity index (χ2v) is 45.1. The molecule has 139 heavy (non-hydrogen) atoms. The van der Waals surface area contributed by atoms with Crippen LogP contribution >= 0.6 is 157 Å². The zero-order chi connectivity index (χ0) is 100. The van der Waals surface area contributed by atoms with Gasteiger partial charge in [0.15, 0.2) is 0 Å². The van der Waals surface area contributed by atoms with Crippen molar-refractivity contribution in [2.24, 2.45) is 0 Å². The summed E-state index contributed by atoms with van der Waals surface area (Å²) in [6, 6.07) is 179. The molecule has 18 aromatic rings. The minimum absolute atomic E-state index is 0. The Labute approximate surface area is 907 Å². The van der Waals surface area contributed by atoms with E-state index in [1.54, 1.807) is 13.3 Å². The molecule has 18 aromatic carbocycles. The summed E-state index contributed by atoms with van der Waals surface area (Å²) in [4.78, 5) is 9.56. The molecule has 0 aromatic heterocycles. The van der Waals surface area contributed by atoms with Crippen LogP contribution in [0.3, 0.4) is 0 Å². The van der Waals surface area contributed by atoms with E-state index in [0.717, 1.165) is 53.8 Å². The first kappa shape index (κ1) is 121. The number of hydrogen-bond donors (Lipinski definition) is 6. The Hall–Kier alpha value is -8.87. The first-order valence-electron chi connectivity index (χ1n) is 45.7. The molecule has 0 N–H and O–H groups in total. The summed E-state index contributed by atoms with van der Waals surface area (Å²) in [6.45, 7) is 23.2. The van der Waals surface area contributed by atoms with Gasteiger partial charge in [0.25, 0.3) is 0 Å². The molecule has 0 bridgehead atoms. The Morgan fingerprint density at radius 2 is 0.338 bits per heavy atom. The van der Waals surface area contributed by atoms with E-state index in [1.807, 2.05) is 298 Å². The molecule has 16 heteroatoms. The van der Waals surface area contributed by atoms with Crippen LogP contribution in [0, 0.1) is 6.07 Å². The predicted molar refractivity (Wildman–Crippen MR) is 634 cm³/mol. The van der Waals surface area contributed by atoms with Crippen LogP contribution < -0.4 is 29.5 Å². The molecule has 0 aliphatic rings. The molecule has 0 amide bonds. The molecule has 0 aliphatic carbocycles. The minimum atomic E-state index is -2.27. The van der Waals surface area contributed by atoms with E-state index < -0.39 is 19.0 Å². The number of benzene rings is 18. The summed E-state index contributed by atoms with van der Waals surface area (Å²) in [5.41, 5.74) is 11.3. The molecule has 0 spiro atoms. The van der Waals surface area contributed by atoms with Crippen molar-refractivity contribution in [3.63, 3.8) is 0 Å². The monoisotopic (exact) mass is 2150 g/mol. The molecule has 2 nitrogen and oxygen atoms in total. The molecule has 0 radical (unpaired) electrons. The van der Waals surface area contributed by atoms with Crippen molar-refractivity contribution in [3.05, 3.63) is 581 Å². The fourth-order valence-electron chi connectivity index (χ4n) is 13.4. The van der Waals surface area contributed by atoms with Gasteiger partial charge in [-0.05, 0) is 198 Å². The average molecular weight is 2150 g/mol. The largest absolute Gasteiger partial charge is 1.00 e. The summed E-state index contributed by atoms with van der Waals surface area (Å²) in [6.07, 6.45) is 0. The van der Waals surface area contributed by atoms with Gasteiger partial charge in [-0.2, -0.15) is 30.3 Å². The van der Waals surface area contributed by atoms with E-state index in [9.17, 15) is 9.13 Å². The van der Waals surface area contributed by atoms with Crippen LogP contribution in [0.5, 0.6) is 0 Å². The van der Waals surface area contributed by atoms with E-state index in [-0.39, 0.29) is 28.4 Å². The second-order valence-electron chi connectivity index (χ2n) is 29.9. The minimum Gasteiger partial charge on any atom is -0.319 e.